The lowest BCUT2D eigenvalue weighted by molar-refractivity contribution is 0.311. The second-order valence-corrected chi connectivity index (χ2v) is 5.66. The Kier molecular flexibility index (Phi) is 8.20. The molecular formula is C15H19Cl3O2. The van der Waals surface area contributed by atoms with Crippen LogP contribution in [0.25, 0.3) is 0 Å². The first kappa shape index (κ1) is 17.5. The second-order valence-electron chi connectivity index (χ2n) is 4.28. The minimum atomic E-state index is 0.207. The fraction of sp³-hybridized carbons (Fsp3) is 0.467. The van der Waals surface area contributed by atoms with Gasteiger partial charge in [-0.1, -0.05) is 30.1 Å². The summed E-state index contributed by atoms with van der Waals surface area (Å²) < 4.78 is 11.6. The van der Waals surface area contributed by atoms with E-state index in [2.05, 4.69) is 6.92 Å². The summed E-state index contributed by atoms with van der Waals surface area (Å²) in [5.74, 6) is 2.32. The zero-order valence-electron chi connectivity index (χ0n) is 11.7. The molecule has 0 fully saturated rings. The Balaban J connectivity index is 2.81. The molecule has 0 spiro atoms. The van der Waals surface area contributed by atoms with E-state index in [0.717, 1.165) is 35.5 Å². The van der Waals surface area contributed by atoms with Crippen LogP contribution in [0.15, 0.2) is 22.7 Å². The van der Waals surface area contributed by atoms with Crippen LogP contribution in [-0.2, 0) is 6.42 Å². The van der Waals surface area contributed by atoms with Crippen LogP contribution in [0, 0.1) is 6.92 Å². The minimum Gasteiger partial charge on any atom is -0.493 e. The third kappa shape index (κ3) is 5.82. The van der Waals surface area contributed by atoms with Gasteiger partial charge in [0.25, 0.3) is 0 Å². The highest BCUT2D eigenvalue weighted by Crippen LogP contribution is 2.30. The summed E-state index contributed by atoms with van der Waals surface area (Å²) in [6.07, 6.45) is 3.32. The van der Waals surface area contributed by atoms with E-state index in [-0.39, 0.29) is 4.49 Å². The molecule has 0 saturated carbocycles. The molecule has 1 aromatic carbocycles. The molecule has 0 amide bonds. The maximum Gasteiger partial charge on any atom is 0.125 e. The normalized spacial score (nSPS) is 10.2. The molecule has 1 rings (SSSR count). The van der Waals surface area contributed by atoms with Gasteiger partial charge in [-0.05, 0) is 49.1 Å². The first-order valence-electron chi connectivity index (χ1n) is 6.54. The van der Waals surface area contributed by atoms with E-state index < -0.39 is 0 Å². The van der Waals surface area contributed by atoms with Crippen molar-refractivity contribution in [3.8, 4) is 11.5 Å². The number of hydrogen-bond donors (Lipinski definition) is 0. The summed E-state index contributed by atoms with van der Waals surface area (Å²) in [5, 5.41) is 0. The van der Waals surface area contributed by atoms with Crippen molar-refractivity contribution in [1.82, 2.24) is 0 Å². The van der Waals surface area contributed by atoms with Gasteiger partial charge in [-0.3, -0.25) is 0 Å². The molecule has 0 heterocycles. The van der Waals surface area contributed by atoms with Crippen molar-refractivity contribution in [2.45, 2.75) is 26.7 Å². The molecule has 0 radical (unpaired) electrons. The summed E-state index contributed by atoms with van der Waals surface area (Å²) in [4.78, 5) is 0. The van der Waals surface area contributed by atoms with Crippen LogP contribution < -0.4 is 9.47 Å². The van der Waals surface area contributed by atoms with Gasteiger partial charge in [0.15, 0.2) is 0 Å². The lowest BCUT2D eigenvalue weighted by Gasteiger charge is -2.15. The number of aryl methyl sites for hydroxylation is 2. The summed E-state index contributed by atoms with van der Waals surface area (Å²) in [7, 11) is 0. The van der Waals surface area contributed by atoms with Gasteiger partial charge in [0.1, 0.15) is 22.6 Å². The van der Waals surface area contributed by atoms with Crippen molar-refractivity contribution in [2.75, 3.05) is 19.1 Å². The van der Waals surface area contributed by atoms with Gasteiger partial charge in [0.05, 0.1) is 6.61 Å². The number of hydrogen-bond acceptors (Lipinski definition) is 2. The van der Waals surface area contributed by atoms with Crippen LogP contribution in [0.5, 0.6) is 11.5 Å². The number of halogens is 3. The summed E-state index contributed by atoms with van der Waals surface area (Å²) >= 11 is 16.8. The number of rotatable bonds is 8. The standard InChI is InChI=1S/C15H19Cl3O2/c1-3-12-10-13(19-8-5-14(17)18)9-11(2)15(12)20-7-4-6-16/h5,9-10H,3-4,6-8H2,1-2H3. The van der Waals surface area contributed by atoms with Crippen molar-refractivity contribution in [3.05, 3.63) is 33.8 Å². The molecule has 0 aliphatic heterocycles. The maximum atomic E-state index is 5.80. The van der Waals surface area contributed by atoms with Gasteiger partial charge >= 0.3 is 0 Å². The fourth-order valence-electron chi connectivity index (χ4n) is 1.79. The molecular weight excluding hydrogens is 319 g/mol. The second kappa shape index (κ2) is 9.38. The van der Waals surface area contributed by atoms with E-state index in [4.69, 9.17) is 44.3 Å². The van der Waals surface area contributed by atoms with E-state index in [1.165, 1.54) is 0 Å². The van der Waals surface area contributed by atoms with E-state index in [0.29, 0.717) is 19.1 Å². The van der Waals surface area contributed by atoms with Crippen molar-refractivity contribution in [1.29, 1.82) is 0 Å². The monoisotopic (exact) mass is 336 g/mol. The summed E-state index contributed by atoms with van der Waals surface area (Å²) in [5.41, 5.74) is 2.17. The SMILES string of the molecule is CCc1cc(OCC=C(Cl)Cl)cc(C)c1OCCCCl. The highest BCUT2D eigenvalue weighted by atomic mass is 35.5. The Hall–Kier alpha value is -0.570. The average molecular weight is 338 g/mol. The van der Waals surface area contributed by atoms with E-state index in [1.807, 2.05) is 19.1 Å². The van der Waals surface area contributed by atoms with Crippen molar-refractivity contribution in [3.63, 3.8) is 0 Å². The zero-order chi connectivity index (χ0) is 15.0. The van der Waals surface area contributed by atoms with Crippen molar-refractivity contribution >= 4 is 34.8 Å². The first-order valence-corrected chi connectivity index (χ1v) is 7.83. The van der Waals surface area contributed by atoms with Gasteiger partial charge in [0, 0.05) is 5.88 Å². The van der Waals surface area contributed by atoms with Gasteiger partial charge < -0.3 is 9.47 Å². The fourth-order valence-corrected chi connectivity index (χ4v) is 2.03. The van der Waals surface area contributed by atoms with Crippen LogP contribution in [0.3, 0.4) is 0 Å². The van der Waals surface area contributed by atoms with Gasteiger partial charge in [-0.25, -0.2) is 0 Å². The highest BCUT2D eigenvalue weighted by Gasteiger charge is 2.09. The predicted molar refractivity (Wildman–Crippen MR) is 86.7 cm³/mol. The molecule has 112 valence electrons. The molecule has 20 heavy (non-hydrogen) atoms. The van der Waals surface area contributed by atoms with E-state index in [9.17, 15) is 0 Å². The Morgan fingerprint density at radius 1 is 1.25 bits per heavy atom. The van der Waals surface area contributed by atoms with Gasteiger partial charge in [-0.2, -0.15) is 0 Å². The number of benzene rings is 1. The molecule has 0 bridgehead atoms. The van der Waals surface area contributed by atoms with Crippen LogP contribution in [0.4, 0.5) is 0 Å². The average Bonchev–Trinajstić information content (AvgIpc) is 2.40. The Morgan fingerprint density at radius 3 is 2.60 bits per heavy atom. The molecule has 0 aliphatic carbocycles. The lowest BCUT2D eigenvalue weighted by atomic mass is 10.1. The van der Waals surface area contributed by atoms with Crippen LogP contribution >= 0.6 is 34.8 Å². The number of alkyl halides is 1. The minimum absolute atomic E-state index is 0.207. The molecule has 0 atom stereocenters. The first-order chi connectivity index (χ1) is 9.58. The molecule has 1 aromatic rings. The Bertz CT molecular complexity index is 455. The topological polar surface area (TPSA) is 18.5 Å². The highest BCUT2D eigenvalue weighted by molar-refractivity contribution is 6.55. The molecule has 2 nitrogen and oxygen atoms in total. The maximum absolute atomic E-state index is 5.80. The third-order valence-electron chi connectivity index (χ3n) is 2.72. The van der Waals surface area contributed by atoms with Gasteiger partial charge in [0.2, 0.25) is 0 Å². The van der Waals surface area contributed by atoms with Crippen LogP contribution in [-0.4, -0.2) is 19.1 Å². The molecule has 0 aliphatic rings. The lowest BCUT2D eigenvalue weighted by Crippen LogP contribution is -2.03. The van der Waals surface area contributed by atoms with E-state index >= 15 is 0 Å². The van der Waals surface area contributed by atoms with Crippen LogP contribution in [0.2, 0.25) is 0 Å². The molecule has 0 saturated heterocycles. The van der Waals surface area contributed by atoms with E-state index in [1.54, 1.807) is 6.08 Å². The summed E-state index contributed by atoms with van der Waals surface area (Å²) in [6, 6.07) is 3.93. The molecule has 5 heteroatoms. The third-order valence-corrected chi connectivity index (χ3v) is 3.29. The van der Waals surface area contributed by atoms with Crippen molar-refractivity contribution in [2.24, 2.45) is 0 Å². The smallest absolute Gasteiger partial charge is 0.125 e. The molecule has 0 aromatic heterocycles. The Labute approximate surface area is 135 Å². The molecule has 0 unspecified atom stereocenters. The molecule has 0 N–H and O–H groups in total. The van der Waals surface area contributed by atoms with Crippen LogP contribution in [0.1, 0.15) is 24.5 Å². The zero-order valence-corrected chi connectivity index (χ0v) is 14.0. The predicted octanol–water partition coefficient (Wildman–Crippen LogP) is 5.26. The quantitative estimate of drug-likeness (QED) is 0.475. The van der Waals surface area contributed by atoms with Crippen molar-refractivity contribution < 1.29 is 9.47 Å². The number of ether oxygens (including phenoxy) is 2. The summed E-state index contributed by atoms with van der Waals surface area (Å²) in [6.45, 7) is 5.06. The Morgan fingerprint density at radius 2 is 2.00 bits per heavy atom. The largest absolute Gasteiger partial charge is 0.493 e. The van der Waals surface area contributed by atoms with Gasteiger partial charge in [-0.15, -0.1) is 11.6 Å².